The number of fused-ring (bicyclic) bond motifs is 1. The molecule has 1 N–H and O–H groups in total. The van der Waals surface area contributed by atoms with Crippen molar-refractivity contribution in [3.8, 4) is 0 Å². The highest BCUT2D eigenvalue weighted by atomic mass is 32.1. The fourth-order valence-corrected chi connectivity index (χ4v) is 2.92. The first-order valence-corrected chi connectivity index (χ1v) is 7.84. The predicted octanol–water partition coefficient (Wildman–Crippen LogP) is 2.64. The van der Waals surface area contributed by atoms with Gasteiger partial charge in [0.15, 0.2) is 5.13 Å². The molecule has 0 atom stereocenters. The number of thiazole rings is 1. The number of ether oxygens (including phenoxy) is 1. The molecule has 0 aliphatic carbocycles. The van der Waals surface area contributed by atoms with Crippen LogP contribution in [0.3, 0.4) is 0 Å². The van der Waals surface area contributed by atoms with Gasteiger partial charge in [0.2, 0.25) is 5.91 Å². The average molecular weight is 311 g/mol. The molecule has 2 amide bonds. The Kier molecular flexibility index (Phi) is 4.51. The van der Waals surface area contributed by atoms with Crippen molar-refractivity contribution in [3.63, 3.8) is 0 Å². The minimum Gasteiger partial charge on any atom is -0.450 e. The molecule has 0 bridgehead atoms. The number of carbonyl (C=O) groups excluding carboxylic acids is 2. The minimum absolute atomic E-state index is 0.0594. The van der Waals surface area contributed by atoms with Crippen molar-refractivity contribution in [3.05, 3.63) is 10.6 Å². The van der Waals surface area contributed by atoms with Crippen LogP contribution in [0.25, 0.3) is 0 Å². The van der Waals surface area contributed by atoms with Gasteiger partial charge in [-0.15, -0.1) is 0 Å². The van der Waals surface area contributed by atoms with E-state index in [1.54, 1.807) is 11.8 Å². The SMILES string of the molecule is CCOC(=O)N1CCc2nc(NC(=O)C(C)(C)C)sc2C1. The second-order valence-corrected chi connectivity index (χ2v) is 7.05. The third-order valence-electron chi connectivity index (χ3n) is 3.16. The number of hydrogen-bond acceptors (Lipinski definition) is 5. The van der Waals surface area contributed by atoms with E-state index in [1.807, 2.05) is 20.8 Å². The molecule has 21 heavy (non-hydrogen) atoms. The molecule has 0 saturated carbocycles. The van der Waals surface area contributed by atoms with Crippen molar-refractivity contribution in [2.24, 2.45) is 5.41 Å². The highest BCUT2D eigenvalue weighted by Crippen LogP contribution is 2.29. The smallest absolute Gasteiger partial charge is 0.410 e. The van der Waals surface area contributed by atoms with Gasteiger partial charge < -0.3 is 15.0 Å². The molecule has 1 aromatic heterocycles. The number of nitrogens with zero attached hydrogens (tertiary/aromatic N) is 2. The topological polar surface area (TPSA) is 71.5 Å². The highest BCUT2D eigenvalue weighted by Gasteiger charge is 2.27. The number of anilines is 1. The summed E-state index contributed by atoms with van der Waals surface area (Å²) in [6.07, 6.45) is 0.396. The number of carbonyl (C=O) groups is 2. The van der Waals surface area contributed by atoms with Crippen LogP contribution in [0.4, 0.5) is 9.93 Å². The maximum Gasteiger partial charge on any atom is 0.410 e. The summed E-state index contributed by atoms with van der Waals surface area (Å²) in [5, 5.41) is 3.44. The van der Waals surface area contributed by atoms with Crippen LogP contribution in [-0.2, 0) is 22.5 Å². The number of aromatic nitrogens is 1. The fourth-order valence-electron chi connectivity index (χ4n) is 1.90. The van der Waals surface area contributed by atoms with Gasteiger partial charge in [0, 0.05) is 23.3 Å². The van der Waals surface area contributed by atoms with Crippen molar-refractivity contribution >= 4 is 28.5 Å². The Morgan fingerprint density at radius 1 is 1.43 bits per heavy atom. The molecule has 116 valence electrons. The minimum atomic E-state index is -0.455. The van der Waals surface area contributed by atoms with E-state index < -0.39 is 5.41 Å². The molecule has 2 rings (SSSR count). The second kappa shape index (κ2) is 6.01. The van der Waals surface area contributed by atoms with Gasteiger partial charge in [-0.1, -0.05) is 32.1 Å². The van der Waals surface area contributed by atoms with E-state index in [1.165, 1.54) is 11.3 Å². The van der Waals surface area contributed by atoms with E-state index in [4.69, 9.17) is 4.74 Å². The number of nitrogens with one attached hydrogen (secondary N) is 1. The summed E-state index contributed by atoms with van der Waals surface area (Å²) in [5.74, 6) is -0.0594. The molecule has 1 aliphatic rings. The number of hydrogen-bond donors (Lipinski definition) is 1. The van der Waals surface area contributed by atoms with Gasteiger partial charge in [0.25, 0.3) is 0 Å². The standard InChI is InChI=1S/C14H21N3O3S/c1-5-20-13(19)17-7-6-9-10(8-17)21-12(15-9)16-11(18)14(2,3)4/h5-8H2,1-4H3,(H,15,16,18). The molecule has 0 unspecified atom stereocenters. The summed E-state index contributed by atoms with van der Waals surface area (Å²) in [6, 6.07) is 0. The molecule has 0 fully saturated rings. The Bertz CT molecular complexity index is 548. The molecule has 6 nitrogen and oxygen atoms in total. The van der Waals surface area contributed by atoms with Crippen LogP contribution >= 0.6 is 11.3 Å². The van der Waals surface area contributed by atoms with Crippen LogP contribution in [0.15, 0.2) is 0 Å². The largest absolute Gasteiger partial charge is 0.450 e. The van der Waals surface area contributed by atoms with Crippen molar-refractivity contribution < 1.29 is 14.3 Å². The monoisotopic (exact) mass is 311 g/mol. The normalized spacial score (nSPS) is 14.6. The lowest BCUT2D eigenvalue weighted by Gasteiger charge is -2.24. The zero-order chi connectivity index (χ0) is 15.6. The first-order chi connectivity index (χ1) is 9.81. The van der Waals surface area contributed by atoms with Crippen LogP contribution in [0, 0.1) is 5.41 Å². The second-order valence-electron chi connectivity index (χ2n) is 5.96. The van der Waals surface area contributed by atoms with Crippen LogP contribution in [0.1, 0.15) is 38.3 Å². The third-order valence-corrected chi connectivity index (χ3v) is 4.16. The Labute approximate surface area is 128 Å². The van der Waals surface area contributed by atoms with Crippen molar-refractivity contribution in [2.45, 2.75) is 40.7 Å². The Morgan fingerprint density at radius 2 is 2.14 bits per heavy atom. The summed E-state index contributed by atoms with van der Waals surface area (Å²) in [4.78, 5) is 30.8. The van der Waals surface area contributed by atoms with Crippen LogP contribution in [0.5, 0.6) is 0 Å². The Morgan fingerprint density at radius 3 is 2.76 bits per heavy atom. The van der Waals surface area contributed by atoms with E-state index in [-0.39, 0.29) is 12.0 Å². The van der Waals surface area contributed by atoms with Crippen molar-refractivity contribution in [2.75, 3.05) is 18.5 Å². The first-order valence-electron chi connectivity index (χ1n) is 7.03. The molecule has 0 aromatic carbocycles. The van der Waals surface area contributed by atoms with Crippen LogP contribution < -0.4 is 5.32 Å². The fraction of sp³-hybridized carbons (Fsp3) is 0.643. The zero-order valence-electron chi connectivity index (χ0n) is 12.9. The maximum absolute atomic E-state index is 12.0. The zero-order valence-corrected chi connectivity index (χ0v) is 13.7. The lowest BCUT2D eigenvalue weighted by Crippen LogP contribution is -2.35. The van der Waals surface area contributed by atoms with Gasteiger partial charge in [0.1, 0.15) is 0 Å². The third kappa shape index (κ3) is 3.72. The van der Waals surface area contributed by atoms with Gasteiger partial charge >= 0.3 is 6.09 Å². The summed E-state index contributed by atoms with van der Waals surface area (Å²) < 4.78 is 5.01. The molecular formula is C14H21N3O3S. The summed E-state index contributed by atoms with van der Waals surface area (Å²) in [7, 11) is 0. The van der Waals surface area contributed by atoms with Gasteiger partial charge in [-0.3, -0.25) is 4.79 Å². The molecule has 7 heteroatoms. The number of amides is 2. The maximum atomic E-state index is 12.0. The Balaban J connectivity index is 2.06. The average Bonchev–Trinajstić information content (AvgIpc) is 2.78. The molecule has 0 spiro atoms. The molecular weight excluding hydrogens is 290 g/mol. The summed E-state index contributed by atoms with van der Waals surface area (Å²) >= 11 is 1.43. The Hall–Kier alpha value is -1.63. The molecule has 2 heterocycles. The van der Waals surface area contributed by atoms with Gasteiger partial charge in [-0.25, -0.2) is 9.78 Å². The van der Waals surface area contributed by atoms with Gasteiger partial charge in [-0.05, 0) is 6.92 Å². The number of rotatable bonds is 2. The van der Waals surface area contributed by atoms with E-state index in [2.05, 4.69) is 10.3 Å². The van der Waals surface area contributed by atoms with E-state index >= 15 is 0 Å². The van der Waals surface area contributed by atoms with Crippen LogP contribution in [-0.4, -0.2) is 35.0 Å². The van der Waals surface area contributed by atoms with Gasteiger partial charge in [-0.2, -0.15) is 0 Å². The van der Waals surface area contributed by atoms with E-state index in [9.17, 15) is 9.59 Å². The van der Waals surface area contributed by atoms with E-state index in [0.717, 1.165) is 10.6 Å². The first kappa shape index (κ1) is 15.8. The molecule has 0 saturated heterocycles. The lowest BCUT2D eigenvalue weighted by atomic mass is 9.96. The lowest BCUT2D eigenvalue weighted by molar-refractivity contribution is -0.123. The highest BCUT2D eigenvalue weighted by molar-refractivity contribution is 7.15. The summed E-state index contributed by atoms with van der Waals surface area (Å²) in [6.45, 7) is 8.84. The van der Waals surface area contributed by atoms with Crippen molar-refractivity contribution in [1.82, 2.24) is 9.88 Å². The molecule has 0 radical (unpaired) electrons. The molecule has 1 aliphatic heterocycles. The predicted molar refractivity (Wildman–Crippen MR) is 81.3 cm³/mol. The van der Waals surface area contributed by atoms with Crippen LogP contribution in [0.2, 0.25) is 0 Å². The molecule has 1 aromatic rings. The van der Waals surface area contributed by atoms with Crippen molar-refractivity contribution in [1.29, 1.82) is 0 Å². The van der Waals surface area contributed by atoms with E-state index in [0.29, 0.717) is 31.2 Å². The van der Waals surface area contributed by atoms with Gasteiger partial charge in [0.05, 0.1) is 18.8 Å². The summed E-state index contributed by atoms with van der Waals surface area (Å²) in [5.41, 5.74) is 0.508. The quantitative estimate of drug-likeness (QED) is 0.911.